The molecule has 0 aliphatic carbocycles. The largest absolute Gasteiger partial charge is 0.242 e. The number of nitrogens with one attached hydrogen (secondary N) is 1. The molecule has 196 valence electrons. The summed E-state index contributed by atoms with van der Waals surface area (Å²) in [6, 6.07) is 7.67. The van der Waals surface area contributed by atoms with Gasteiger partial charge in [-0.05, 0) is 129 Å². The lowest BCUT2D eigenvalue weighted by molar-refractivity contribution is 0.615. The molecule has 0 heterocycles. The maximum Gasteiger partial charge on any atom is 0.144 e. The topological polar surface area (TPSA) is 58.5 Å². The van der Waals surface area contributed by atoms with Gasteiger partial charge < -0.3 is 0 Å². The first-order chi connectivity index (χ1) is 15.9. The molecule has 0 saturated carbocycles. The standard InChI is InChI=1S/C13H19BrClNOS.C12H15BrClNOS/c1-8-10(6-7-11(14)12(8)15)9(2)16-18(17)13(3,4)5;1-8-9(5-6-10(13)11(8)14)7-15-17(16)12(2,3)4/h6-7,9,16H,1-5H3;5-7H,1-4H3/t9-,18+;17-/m10/s1. The first kappa shape index (κ1) is 32.9. The number of hydrogen-bond acceptors (Lipinski definition) is 2. The minimum atomic E-state index is -1.24. The van der Waals surface area contributed by atoms with Gasteiger partial charge in [0.15, 0.2) is 0 Å². The Hall–Kier alpha value is -0.0900. The summed E-state index contributed by atoms with van der Waals surface area (Å²) < 4.78 is 32.1. The minimum Gasteiger partial charge on any atom is -0.242 e. The fourth-order valence-electron chi connectivity index (χ4n) is 2.61. The zero-order chi connectivity index (χ0) is 27.3. The molecule has 0 aromatic heterocycles. The van der Waals surface area contributed by atoms with Crippen molar-refractivity contribution in [2.45, 2.75) is 77.8 Å². The van der Waals surface area contributed by atoms with E-state index >= 15 is 0 Å². The molecule has 0 fully saturated rings. The Labute approximate surface area is 242 Å². The lowest BCUT2D eigenvalue weighted by Crippen LogP contribution is -2.35. The van der Waals surface area contributed by atoms with E-state index in [1.165, 1.54) is 0 Å². The van der Waals surface area contributed by atoms with Crippen molar-refractivity contribution >= 4 is 83.2 Å². The smallest absolute Gasteiger partial charge is 0.144 e. The first-order valence-electron chi connectivity index (χ1n) is 10.9. The van der Waals surface area contributed by atoms with Gasteiger partial charge in [-0.3, -0.25) is 0 Å². The average Bonchev–Trinajstić information content (AvgIpc) is 2.74. The maximum atomic E-state index is 12.1. The van der Waals surface area contributed by atoms with E-state index < -0.39 is 22.0 Å². The first-order valence-corrected chi connectivity index (χ1v) is 15.5. The fraction of sp³-hybridized carbons (Fsp3) is 0.480. The molecule has 4 nitrogen and oxygen atoms in total. The Morgan fingerprint density at radius 1 is 0.886 bits per heavy atom. The van der Waals surface area contributed by atoms with Crippen molar-refractivity contribution in [3.63, 3.8) is 0 Å². The third kappa shape index (κ3) is 9.95. The van der Waals surface area contributed by atoms with Gasteiger partial charge in [0, 0.05) is 21.2 Å². The van der Waals surface area contributed by atoms with Gasteiger partial charge in [-0.1, -0.05) is 35.3 Å². The molecule has 1 N–H and O–H groups in total. The van der Waals surface area contributed by atoms with Gasteiger partial charge in [-0.25, -0.2) is 13.1 Å². The van der Waals surface area contributed by atoms with Crippen LogP contribution in [0.3, 0.4) is 0 Å². The van der Waals surface area contributed by atoms with Crippen molar-refractivity contribution in [2.75, 3.05) is 0 Å². The van der Waals surface area contributed by atoms with Gasteiger partial charge >= 0.3 is 0 Å². The van der Waals surface area contributed by atoms with Crippen LogP contribution in [0.4, 0.5) is 0 Å². The molecule has 10 heteroatoms. The van der Waals surface area contributed by atoms with E-state index in [0.717, 1.165) is 31.2 Å². The molecule has 0 aliphatic rings. The second kappa shape index (κ2) is 13.6. The van der Waals surface area contributed by atoms with E-state index in [4.69, 9.17) is 23.2 Å². The normalized spacial score (nSPS) is 14.9. The van der Waals surface area contributed by atoms with Crippen LogP contribution in [0.2, 0.25) is 10.0 Å². The fourth-order valence-corrected chi connectivity index (χ4v) is 5.14. The summed E-state index contributed by atoms with van der Waals surface area (Å²) in [4.78, 5) is 0. The molecule has 3 atom stereocenters. The quantitative estimate of drug-likeness (QED) is 0.319. The van der Waals surface area contributed by atoms with Crippen molar-refractivity contribution in [1.29, 1.82) is 0 Å². The lowest BCUT2D eigenvalue weighted by Gasteiger charge is -2.23. The maximum absolute atomic E-state index is 12.1. The Morgan fingerprint density at radius 3 is 1.86 bits per heavy atom. The monoisotopic (exact) mass is 686 g/mol. The van der Waals surface area contributed by atoms with E-state index in [0.29, 0.717) is 10.0 Å². The molecular weight excluding hydrogens is 655 g/mol. The number of hydrogen-bond donors (Lipinski definition) is 1. The summed E-state index contributed by atoms with van der Waals surface area (Å²) >= 11 is 19.1. The molecular formula is C25H34Br2Cl2N2O2S2. The third-order valence-corrected chi connectivity index (χ3v) is 10.7. The van der Waals surface area contributed by atoms with Gasteiger partial charge in [0.25, 0.3) is 0 Å². The Bertz CT molecular complexity index is 1130. The highest BCUT2D eigenvalue weighted by Crippen LogP contribution is 2.31. The van der Waals surface area contributed by atoms with Crippen LogP contribution < -0.4 is 4.72 Å². The number of nitrogens with zero attached hydrogens (tertiary/aromatic N) is 1. The van der Waals surface area contributed by atoms with Crippen LogP contribution in [0, 0.1) is 13.8 Å². The van der Waals surface area contributed by atoms with Crippen molar-refractivity contribution < 1.29 is 8.42 Å². The van der Waals surface area contributed by atoms with E-state index in [9.17, 15) is 8.42 Å². The van der Waals surface area contributed by atoms with E-state index in [1.807, 2.05) is 86.6 Å². The summed E-state index contributed by atoms with van der Waals surface area (Å²) in [5, 5.41) is 1.37. The van der Waals surface area contributed by atoms with Crippen LogP contribution in [0.1, 0.15) is 76.8 Å². The molecule has 0 bridgehead atoms. The second-order valence-electron chi connectivity index (χ2n) is 9.97. The molecule has 0 amide bonds. The molecule has 2 rings (SSSR count). The molecule has 0 spiro atoms. The highest BCUT2D eigenvalue weighted by molar-refractivity contribution is 9.10. The summed E-state index contributed by atoms with van der Waals surface area (Å²) in [5.41, 5.74) is 3.89. The second-order valence-corrected chi connectivity index (χ2v) is 16.4. The molecule has 0 unspecified atom stereocenters. The van der Waals surface area contributed by atoms with Gasteiger partial charge in [-0.2, -0.15) is 4.40 Å². The zero-order valence-electron chi connectivity index (χ0n) is 21.6. The Morgan fingerprint density at radius 2 is 1.37 bits per heavy atom. The number of rotatable bonds is 5. The number of benzene rings is 2. The zero-order valence-corrected chi connectivity index (χ0v) is 27.9. The predicted molar refractivity (Wildman–Crippen MR) is 163 cm³/mol. The van der Waals surface area contributed by atoms with Gasteiger partial charge in [0.1, 0.15) is 11.0 Å². The SMILES string of the molecule is Cc1c(C=N[S@@](=O)C(C)(C)C)ccc(Br)c1Cl.Cc1c([C@@H](C)N[S@@](=O)C(C)(C)C)ccc(Br)c1Cl. The van der Waals surface area contributed by atoms with Gasteiger partial charge in [0.2, 0.25) is 0 Å². The van der Waals surface area contributed by atoms with Crippen LogP contribution in [-0.4, -0.2) is 24.1 Å². The van der Waals surface area contributed by atoms with Crippen LogP contribution in [0.5, 0.6) is 0 Å². The van der Waals surface area contributed by atoms with Crippen molar-refractivity contribution in [2.24, 2.45) is 4.40 Å². The molecule has 2 aromatic rings. The molecule has 35 heavy (non-hydrogen) atoms. The Balaban J connectivity index is 0.000000351. The lowest BCUT2D eigenvalue weighted by atomic mass is 10.0. The molecule has 0 aliphatic heterocycles. The average molecular weight is 689 g/mol. The molecule has 0 radical (unpaired) electrons. The third-order valence-electron chi connectivity index (χ3n) is 4.88. The minimum absolute atomic E-state index is 0.00402. The van der Waals surface area contributed by atoms with Crippen LogP contribution in [0.15, 0.2) is 37.6 Å². The molecule has 2 aromatic carbocycles. The van der Waals surface area contributed by atoms with E-state index in [1.54, 1.807) is 6.21 Å². The highest BCUT2D eigenvalue weighted by atomic mass is 79.9. The summed E-state index contributed by atoms with van der Waals surface area (Å²) in [5.74, 6) is 0. The van der Waals surface area contributed by atoms with Crippen LogP contribution in [-0.2, 0) is 22.0 Å². The van der Waals surface area contributed by atoms with Crippen LogP contribution in [0.25, 0.3) is 0 Å². The number of halogens is 4. The van der Waals surface area contributed by atoms with Crippen molar-refractivity contribution in [3.05, 3.63) is 65.5 Å². The summed E-state index contributed by atoms with van der Waals surface area (Å²) in [6.45, 7) is 17.4. The van der Waals surface area contributed by atoms with Gasteiger partial charge in [-0.15, -0.1) is 0 Å². The van der Waals surface area contributed by atoms with Gasteiger partial charge in [0.05, 0.1) is 30.5 Å². The highest BCUT2D eigenvalue weighted by Gasteiger charge is 2.23. The van der Waals surface area contributed by atoms with E-state index in [-0.39, 0.29) is 15.5 Å². The van der Waals surface area contributed by atoms with Crippen molar-refractivity contribution in [3.8, 4) is 0 Å². The van der Waals surface area contributed by atoms with Crippen LogP contribution >= 0.6 is 55.1 Å². The summed E-state index contributed by atoms with van der Waals surface area (Å²) in [7, 11) is -2.34. The summed E-state index contributed by atoms with van der Waals surface area (Å²) in [6.07, 6.45) is 1.62. The van der Waals surface area contributed by atoms with Crippen molar-refractivity contribution in [1.82, 2.24) is 4.72 Å². The molecule has 0 saturated heterocycles. The predicted octanol–water partition coefficient (Wildman–Crippen LogP) is 8.82. The van der Waals surface area contributed by atoms with E-state index in [2.05, 4.69) is 41.0 Å². The Kier molecular flexibility index (Phi) is 12.8.